The van der Waals surface area contributed by atoms with Crippen molar-refractivity contribution in [1.82, 2.24) is 16.0 Å². The van der Waals surface area contributed by atoms with Gasteiger partial charge in [-0.2, -0.15) is 0 Å². The Balaban J connectivity index is 2.71. The van der Waals surface area contributed by atoms with Gasteiger partial charge in [0.05, 0.1) is 0 Å². The van der Waals surface area contributed by atoms with Crippen LogP contribution in [0.1, 0.15) is 25.3 Å². The zero-order valence-electron chi connectivity index (χ0n) is 21.1. The molecule has 14 nitrogen and oxygen atoms in total. The number of amides is 3. The number of nitrogens with zero attached hydrogens (tertiary/aromatic N) is 1. The fourth-order valence-corrected chi connectivity index (χ4v) is 6.16. The third-order valence-electron chi connectivity index (χ3n) is 5.71. The van der Waals surface area contributed by atoms with Crippen molar-refractivity contribution in [2.75, 3.05) is 36.3 Å². The number of carbonyl (C=O) groups excluding carboxylic acids is 3. The second kappa shape index (κ2) is 15.9. The second-order valence-corrected chi connectivity index (χ2v) is 13.3. The number of alkyl halides is 2. The van der Waals surface area contributed by atoms with E-state index in [1.807, 2.05) is 17.0 Å². The van der Waals surface area contributed by atoms with Gasteiger partial charge >= 0.3 is 15.2 Å². The molecular formula is C21H34Cl2N4O10P2. The highest BCUT2D eigenvalue weighted by Crippen LogP contribution is 2.69. The number of halogens is 2. The van der Waals surface area contributed by atoms with Crippen LogP contribution in [-0.2, 0) is 29.9 Å². The molecule has 0 aliphatic rings. The monoisotopic (exact) mass is 634 g/mol. The van der Waals surface area contributed by atoms with Crippen LogP contribution in [0.3, 0.4) is 0 Å². The number of aliphatic hydroxyl groups is 1. The first-order valence-electron chi connectivity index (χ1n) is 11.7. The highest BCUT2D eigenvalue weighted by Gasteiger charge is 2.58. The average Bonchev–Trinajstić information content (AvgIpc) is 2.85. The quantitative estimate of drug-likeness (QED) is 0.0465. The number of hydrogen-bond acceptors (Lipinski definition) is 7. The molecule has 0 spiro atoms. The van der Waals surface area contributed by atoms with Crippen LogP contribution in [0.5, 0.6) is 0 Å². The Morgan fingerprint density at radius 3 is 2.03 bits per heavy atom. The molecule has 2 atom stereocenters. The summed E-state index contributed by atoms with van der Waals surface area (Å²) >= 11 is 11.7. The molecule has 0 unspecified atom stereocenters. The molecule has 222 valence electrons. The Hall–Kier alpha value is -1.73. The molecule has 0 aliphatic heterocycles. The fraction of sp³-hybridized carbons (Fsp3) is 0.571. The van der Waals surface area contributed by atoms with E-state index in [1.54, 1.807) is 12.1 Å². The Labute approximate surface area is 235 Å². The first kappa shape index (κ1) is 35.3. The van der Waals surface area contributed by atoms with Gasteiger partial charge in [-0.1, -0.05) is 12.1 Å². The van der Waals surface area contributed by atoms with Crippen LogP contribution in [0.25, 0.3) is 0 Å². The van der Waals surface area contributed by atoms with Crippen molar-refractivity contribution in [2.24, 2.45) is 0 Å². The van der Waals surface area contributed by atoms with Crippen molar-refractivity contribution in [3.8, 4) is 0 Å². The lowest BCUT2D eigenvalue weighted by molar-refractivity contribution is -0.130. The Morgan fingerprint density at radius 2 is 1.56 bits per heavy atom. The largest absolute Gasteiger partial charge is 0.369 e. The van der Waals surface area contributed by atoms with E-state index in [2.05, 4.69) is 16.0 Å². The molecule has 0 fully saturated rings. The molecule has 0 saturated heterocycles. The normalized spacial score (nSPS) is 13.7. The summed E-state index contributed by atoms with van der Waals surface area (Å²) in [6.45, 7) is 2.23. The van der Waals surface area contributed by atoms with Gasteiger partial charge in [0.2, 0.25) is 18.2 Å². The third kappa shape index (κ3) is 10.6. The molecule has 18 heteroatoms. The maximum absolute atomic E-state index is 12.7. The molecule has 1 aromatic carbocycles. The van der Waals surface area contributed by atoms with E-state index in [4.69, 9.17) is 42.8 Å². The SMILES string of the molecule is C[C@@H](NC(=O)[C@H](Cc1ccc(N(CCCl)CCCl)cc1)NC=O)C(=O)NCCCC(O)(P(=O)(O)O)P(=O)(O)O. The molecule has 1 rings (SSSR count). The van der Waals surface area contributed by atoms with Gasteiger partial charge in [-0.25, -0.2) is 0 Å². The highest BCUT2D eigenvalue weighted by atomic mass is 35.5. The van der Waals surface area contributed by atoms with E-state index in [1.165, 1.54) is 6.92 Å². The topological polar surface area (TPSA) is 226 Å². The van der Waals surface area contributed by atoms with E-state index in [-0.39, 0.29) is 13.0 Å². The molecular weight excluding hydrogens is 601 g/mol. The maximum Gasteiger partial charge on any atom is 0.369 e. The lowest BCUT2D eigenvalue weighted by Crippen LogP contribution is -2.52. The van der Waals surface area contributed by atoms with Crippen molar-refractivity contribution in [3.05, 3.63) is 29.8 Å². The van der Waals surface area contributed by atoms with Crippen LogP contribution < -0.4 is 20.9 Å². The first-order valence-corrected chi connectivity index (χ1v) is 16.0. The van der Waals surface area contributed by atoms with Gasteiger partial charge < -0.3 is 45.5 Å². The van der Waals surface area contributed by atoms with Crippen LogP contribution in [0.2, 0.25) is 0 Å². The molecule has 0 saturated carbocycles. The van der Waals surface area contributed by atoms with Gasteiger partial charge in [0.15, 0.2) is 0 Å². The van der Waals surface area contributed by atoms with E-state index >= 15 is 0 Å². The van der Waals surface area contributed by atoms with Crippen LogP contribution in [0.15, 0.2) is 24.3 Å². The van der Waals surface area contributed by atoms with Crippen molar-refractivity contribution in [3.63, 3.8) is 0 Å². The Morgan fingerprint density at radius 1 is 1.03 bits per heavy atom. The predicted octanol–water partition coefficient (Wildman–Crippen LogP) is 0.0303. The molecule has 0 bridgehead atoms. The Kier molecular flexibility index (Phi) is 14.4. The summed E-state index contributed by atoms with van der Waals surface area (Å²) in [7, 11) is -11.2. The van der Waals surface area contributed by atoms with Crippen LogP contribution in [-0.4, -0.2) is 91.5 Å². The van der Waals surface area contributed by atoms with Gasteiger partial charge in [0.1, 0.15) is 12.1 Å². The van der Waals surface area contributed by atoms with E-state index in [9.17, 15) is 28.6 Å². The zero-order chi connectivity index (χ0) is 29.9. The number of anilines is 1. The van der Waals surface area contributed by atoms with Crippen molar-refractivity contribution in [2.45, 2.75) is 43.4 Å². The van der Waals surface area contributed by atoms with Crippen molar-refractivity contribution >= 4 is 62.3 Å². The maximum atomic E-state index is 12.7. The number of nitrogens with one attached hydrogen (secondary N) is 3. The summed E-state index contributed by atoms with van der Waals surface area (Å²) in [6.07, 6.45) is -0.914. The van der Waals surface area contributed by atoms with Crippen molar-refractivity contribution in [1.29, 1.82) is 0 Å². The van der Waals surface area contributed by atoms with E-state index in [0.29, 0.717) is 31.3 Å². The fourth-order valence-electron chi connectivity index (χ4n) is 3.49. The molecule has 1 aromatic rings. The molecule has 0 aromatic heterocycles. The average molecular weight is 635 g/mol. The number of rotatable bonds is 18. The summed E-state index contributed by atoms with van der Waals surface area (Å²) < 4.78 is 22.8. The minimum absolute atomic E-state index is 0.119. The van der Waals surface area contributed by atoms with Gasteiger partial charge in [0.25, 0.3) is 5.08 Å². The Bertz CT molecular complexity index is 1030. The van der Waals surface area contributed by atoms with Crippen molar-refractivity contribution < 1.29 is 48.2 Å². The summed E-state index contributed by atoms with van der Waals surface area (Å²) in [4.78, 5) is 74.7. The molecule has 8 N–H and O–H groups in total. The summed E-state index contributed by atoms with van der Waals surface area (Å²) in [5.74, 6) is -0.540. The van der Waals surface area contributed by atoms with Crippen LogP contribution >= 0.6 is 38.4 Å². The lowest BCUT2D eigenvalue weighted by atomic mass is 10.0. The molecule has 0 radical (unpaired) electrons. The minimum Gasteiger partial charge on any atom is -0.369 e. The zero-order valence-corrected chi connectivity index (χ0v) is 24.4. The predicted molar refractivity (Wildman–Crippen MR) is 146 cm³/mol. The standard InChI is InChI=1S/C21H34Cl2N4O10P2/c1-15(19(29)24-10-2-7-21(31,38(32,33)34)39(35,36)37)26-20(30)18(25-14-28)13-16-3-5-17(6-4-16)27(11-8-22)12-9-23/h3-6,14-15,18,31H,2,7-13H2,1H3,(H,24,29)(H,25,28)(H,26,30)(H2,32,33,34)(H2,35,36,37)/t15-,18+/m1/s1. The first-order chi connectivity index (χ1) is 18.1. The van der Waals surface area contributed by atoms with Crippen LogP contribution in [0.4, 0.5) is 5.69 Å². The molecule has 0 aliphatic carbocycles. The summed E-state index contributed by atoms with van der Waals surface area (Å²) in [5.41, 5.74) is 1.61. The smallest absolute Gasteiger partial charge is 0.369 e. The van der Waals surface area contributed by atoms with Gasteiger partial charge in [-0.05, 0) is 31.0 Å². The van der Waals surface area contributed by atoms with E-state index < -0.39 is 57.0 Å². The highest BCUT2D eigenvalue weighted by molar-refractivity contribution is 7.72. The lowest BCUT2D eigenvalue weighted by Gasteiger charge is -2.29. The molecule has 0 heterocycles. The van der Waals surface area contributed by atoms with Crippen LogP contribution in [0, 0.1) is 0 Å². The van der Waals surface area contributed by atoms with Gasteiger partial charge in [0, 0.05) is 49.9 Å². The molecule has 3 amide bonds. The number of hydrogen-bond donors (Lipinski definition) is 8. The molecule has 39 heavy (non-hydrogen) atoms. The summed E-state index contributed by atoms with van der Waals surface area (Å²) in [6, 6.07) is 5.12. The minimum atomic E-state index is -5.60. The van der Waals surface area contributed by atoms with E-state index in [0.717, 1.165) is 11.3 Å². The van der Waals surface area contributed by atoms with Gasteiger partial charge in [-0.15, -0.1) is 23.2 Å². The summed E-state index contributed by atoms with van der Waals surface area (Å²) in [5, 5.41) is 13.5. The number of benzene rings is 1. The second-order valence-electron chi connectivity index (χ2n) is 8.56. The van der Waals surface area contributed by atoms with Gasteiger partial charge in [-0.3, -0.25) is 23.5 Å². The number of carbonyl (C=O) groups is 3. The third-order valence-corrected chi connectivity index (χ3v) is 9.92.